The maximum absolute atomic E-state index is 5.66. The molecule has 0 aliphatic heterocycles. The van der Waals surface area contributed by atoms with Crippen LogP contribution in [0.4, 0.5) is 11.8 Å². The first-order valence-corrected chi connectivity index (χ1v) is 9.28. The summed E-state index contributed by atoms with van der Waals surface area (Å²) >= 11 is 0. The van der Waals surface area contributed by atoms with E-state index in [9.17, 15) is 0 Å². The first-order valence-electron chi connectivity index (χ1n) is 9.28. The second-order valence-corrected chi connectivity index (χ2v) is 6.60. The van der Waals surface area contributed by atoms with Crippen LogP contribution < -0.4 is 15.4 Å². The van der Waals surface area contributed by atoms with Crippen molar-refractivity contribution in [3.63, 3.8) is 0 Å². The number of para-hydroxylation sites is 1. The van der Waals surface area contributed by atoms with Gasteiger partial charge in [0.2, 0.25) is 5.95 Å². The average molecular weight is 362 g/mol. The van der Waals surface area contributed by atoms with Gasteiger partial charge in [-0.05, 0) is 35.2 Å². The number of hydrogen-bond donors (Lipinski definition) is 2. The maximum Gasteiger partial charge on any atom is 0.224 e. The van der Waals surface area contributed by atoms with Gasteiger partial charge >= 0.3 is 0 Å². The smallest absolute Gasteiger partial charge is 0.224 e. The number of nitrogens with one attached hydrogen (secondary N) is 2. The van der Waals surface area contributed by atoms with Crippen molar-refractivity contribution in [1.29, 1.82) is 0 Å². The van der Waals surface area contributed by atoms with E-state index >= 15 is 0 Å². The molecule has 2 N–H and O–H groups in total. The van der Waals surface area contributed by atoms with E-state index in [1.54, 1.807) is 6.20 Å². The van der Waals surface area contributed by atoms with Gasteiger partial charge in [-0.3, -0.25) is 0 Å². The third kappa shape index (κ3) is 5.99. The molecule has 0 amide bonds. The zero-order chi connectivity index (χ0) is 18.9. The molecular formula is C22H26N4O. The molecule has 27 heavy (non-hydrogen) atoms. The average Bonchev–Trinajstić information content (AvgIpc) is 2.71. The summed E-state index contributed by atoms with van der Waals surface area (Å²) in [7, 11) is 0. The van der Waals surface area contributed by atoms with Crippen LogP contribution in [0.1, 0.15) is 30.9 Å². The third-order valence-electron chi connectivity index (χ3n) is 4.17. The Morgan fingerprint density at radius 2 is 1.70 bits per heavy atom. The number of benzene rings is 2. The van der Waals surface area contributed by atoms with Gasteiger partial charge in [-0.15, -0.1) is 0 Å². The number of hydrogen-bond acceptors (Lipinski definition) is 5. The molecule has 0 fully saturated rings. The van der Waals surface area contributed by atoms with Crippen molar-refractivity contribution in [2.75, 3.05) is 23.8 Å². The molecular weight excluding hydrogens is 336 g/mol. The molecule has 140 valence electrons. The van der Waals surface area contributed by atoms with Crippen molar-refractivity contribution >= 4 is 11.8 Å². The lowest BCUT2D eigenvalue weighted by atomic mass is 10.0. The molecule has 3 aromatic rings. The van der Waals surface area contributed by atoms with Crippen molar-refractivity contribution < 1.29 is 4.74 Å². The van der Waals surface area contributed by atoms with Crippen molar-refractivity contribution in [1.82, 2.24) is 9.97 Å². The first-order chi connectivity index (χ1) is 13.2. The highest BCUT2D eigenvalue weighted by Gasteiger charge is 2.01. The van der Waals surface area contributed by atoms with E-state index in [-0.39, 0.29) is 0 Å². The molecule has 0 radical (unpaired) electrons. The Morgan fingerprint density at radius 1 is 0.926 bits per heavy atom. The Morgan fingerprint density at radius 3 is 2.44 bits per heavy atom. The summed E-state index contributed by atoms with van der Waals surface area (Å²) < 4.78 is 5.66. The van der Waals surface area contributed by atoms with Gasteiger partial charge in [0.05, 0.1) is 6.54 Å². The molecule has 1 aromatic heterocycles. The summed E-state index contributed by atoms with van der Waals surface area (Å²) in [5, 5.41) is 6.53. The van der Waals surface area contributed by atoms with Crippen molar-refractivity contribution in [3.05, 3.63) is 78.0 Å². The maximum atomic E-state index is 5.66. The van der Waals surface area contributed by atoms with Gasteiger partial charge in [0.25, 0.3) is 0 Å². The summed E-state index contributed by atoms with van der Waals surface area (Å²) in [6.45, 7) is 6.31. The van der Waals surface area contributed by atoms with Gasteiger partial charge in [0, 0.05) is 12.7 Å². The van der Waals surface area contributed by atoms with Gasteiger partial charge in [-0.2, -0.15) is 4.98 Å². The predicted molar refractivity (Wildman–Crippen MR) is 110 cm³/mol. The minimum Gasteiger partial charge on any atom is -0.492 e. The molecule has 0 atom stereocenters. The number of nitrogens with zero attached hydrogens (tertiary/aromatic N) is 2. The van der Waals surface area contributed by atoms with E-state index in [4.69, 9.17) is 4.74 Å². The molecule has 0 aliphatic carbocycles. The Labute approximate surface area is 160 Å². The monoisotopic (exact) mass is 362 g/mol. The molecule has 0 unspecified atom stereocenters. The molecule has 5 nitrogen and oxygen atoms in total. The van der Waals surface area contributed by atoms with Gasteiger partial charge in [-0.25, -0.2) is 4.98 Å². The van der Waals surface area contributed by atoms with E-state index in [1.807, 2.05) is 36.4 Å². The van der Waals surface area contributed by atoms with Crippen LogP contribution in [0, 0.1) is 0 Å². The molecule has 0 saturated heterocycles. The molecule has 0 bridgehead atoms. The lowest BCUT2D eigenvalue weighted by Gasteiger charge is -2.10. The highest BCUT2D eigenvalue weighted by Crippen LogP contribution is 2.15. The standard InChI is InChI=1S/C22H26N4O/c1-17(2)19-10-8-18(9-11-19)16-25-21-12-13-23-22(26-21)24-14-15-27-20-6-4-3-5-7-20/h3-13,17H,14-16H2,1-2H3,(H2,23,24,25,26). The van der Waals surface area contributed by atoms with Crippen LogP contribution in [0.5, 0.6) is 5.75 Å². The number of aromatic nitrogens is 2. The quantitative estimate of drug-likeness (QED) is 0.540. The fourth-order valence-corrected chi connectivity index (χ4v) is 2.60. The molecule has 3 rings (SSSR count). The number of ether oxygens (including phenoxy) is 1. The predicted octanol–water partition coefficient (Wildman–Crippen LogP) is 4.70. The molecule has 0 saturated carbocycles. The van der Waals surface area contributed by atoms with E-state index in [0.717, 1.165) is 18.1 Å². The largest absolute Gasteiger partial charge is 0.492 e. The van der Waals surface area contributed by atoms with E-state index in [2.05, 4.69) is 58.7 Å². The molecule has 1 heterocycles. The van der Waals surface area contributed by atoms with Crippen molar-refractivity contribution in [3.8, 4) is 5.75 Å². The first kappa shape index (κ1) is 18.7. The van der Waals surface area contributed by atoms with Gasteiger partial charge < -0.3 is 15.4 Å². The van der Waals surface area contributed by atoms with Crippen molar-refractivity contribution in [2.24, 2.45) is 0 Å². The van der Waals surface area contributed by atoms with Crippen LogP contribution >= 0.6 is 0 Å². The SMILES string of the molecule is CC(C)c1ccc(CNc2ccnc(NCCOc3ccccc3)n2)cc1. The lowest BCUT2D eigenvalue weighted by molar-refractivity contribution is 0.332. The Kier molecular flexibility index (Phi) is 6.63. The third-order valence-corrected chi connectivity index (χ3v) is 4.17. The minimum absolute atomic E-state index is 0.549. The highest BCUT2D eigenvalue weighted by molar-refractivity contribution is 5.40. The molecule has 0 spiro atoms. The number of anilines is 2. The minimum atomic E-state index is 0.549. The Hall–Kier alpha value is -3.08. The van der Waals surface area contributed by atoms with Crippen LogP contribution in [0.3, 0.4) is 0 Å². The lowest BCUT2D eigenvalue weighted by Crippen LogP contribution is -2.14. The zero-order valence-corrected chi connectivity index (χ0v) is 15.9. The summed E-state index contributed by atoms with van der Waals surface area (Å²) in [4.78, 5) is 8.74. The van der Waals surface area contributed by atoms with Crippen LogP contribution in [0.15, 0.2) is 66.9 Å². The summed E-state index contributed by atoms with van der Waals surface area (Å²) in [5.41, 5.74) is 2.58. The van der Waals surface area contributed by atoms with Crippen LogP contribution in [0.25, 0.3) is 0 Å². The summed E-state index contributed by atoms with van der Waals surface area (Å²) in [5.74, 6) is 2.80. The van der Waals surface area contributed by atoms with Gasteiger partial charge in [0.15, 0.2) is 0 Å². The fraction of sp³-hybridized carbons (Fsp3) is 0.273. The van der Waals surface area contributed by atoms with Crippen LogP contribution in [0.2, 0.25) is 0 Å². The number of rotatable bonds is 9. The summed E-state index contributed by atoms with van der Waals surface area (Å²) in [6, 6.07) is 20.3. The summed E-state index contributed by atoms with van der Waals surface area (Å²) in [6.07, 6.45) is 1.75. The fourth-order valence-electron chi connectivity index (χ4n) is 2.60. The van der Waals surface area contributed by atoms with Gasteiger partial charge in [0.1, 0.15) is 18.2 Å². The Balaban J connectivity index is 1.45. The van der Waals surface area contributed by atoms with Crippen LogP contribution in [-0.2, 0) is 6.54 Å². The second-order valence-electron chi connectivity index (χ2n) is 6.60. The molecule has 2 aromatic carbocycles. The topological polar surface area (TPSA) is 59.1 Å². The zero-order valence-electron chi connectivity index (χ0n) is 15.9. The van der Waals surface area contributed by atoms with E-state index in [1.165, 1.54) is 11.1 Å². The Bertz CT molecular complexity index is 819. The van der Waals surface area contributed by atoms with Crippen molar-refractivity contribution in [2.45, 2.75) is 26.3 Å². The normalized spacial score (nSPS) is 10.6. The van der Waals surface area contributed by atoms with E-state index in [0.29, 0.717) is 25.0 Å². The molecule has 5 heteroatoms. The second kappa shape index (κ2) is 9.57. The molecule has 0 aliphatic rings. The van der Waals surface area contributed by atoms with E-state index < -0.39 is 0 Å². The highest BCUT2D eigenvalue weighted by atomic mass is 16.5. The van der Waals surface area contributed by atoms with Crippen LogP contribution in [-0.4, -0.2) is 23.1 Å². The van der Waals surface area contributed by atoms with Gasteiger partial charge in [-0.1, -0.05) is 56.3 Å².